The van der Waals surface area contributed by atoms with Crippen LogP contribution >= 0.6 is 0 Å². The van der Waals surface area contributed by atoms with Gasteiger partial charge in [-0.15, -0.1) is 0 Å². The van der Waals surface area contributed by atoms with Crippen LogP contribution < -0.4 is 5.32 Å². The van der Waals surface area contributed by atoms with Crippen molar-refractivity contribution in [1.82, 2.24) is 15.1 Å². The number of nitrogens with one attached hydrogen (secondary N) is 1. The molecule has 1 aliphatic rings. The van der Waals surface area contributed by atoms with Gasteiger partial charge >= 0.3 is 6.09 Å². The molecular weight excluding hydrogens is 226 g/mol. The second kappa shape index (κ2) is 7.21. The third kappa shape index (κ3) is 5.12. The van der Waals surface area contributed by atoms with Gasteiger partial charge in [-0.3, -0.25) is 19.9 Å². The van der Waals surface area contributed by atoms with Crippen LogP contribution in [0.25, 0.3) is 0 Å². The number of rotatable bonds is 4. The largest absolute Gasteiger partial charge is 0.453 e. The molecular formula is C10H19N3O4. The molecule has 0 aromatic carbocycles. The number of aliphatic hydroxyl groups is 1. The summed E-state index contributed by atoms with van der Waals surface area (Å²) in [5, 5.41) is 10.9. The number of carbonyl (C=O) groups is 2. The summed E-state index contributed by atoms with van der Waals surface area (Å²) in [7, 11) is 1.22. The first-order valence-electron chi connectivity index (χ1n) is 5.59. The fourth-order valence-corrected chi connectivity index (χ4v) is 1.72. The van der Waals surface area contributed by atoms with Gasteiger partial charge in [-0.05, 0) is 0 Å². The highest BCUT2D eigenvalue weighted by Gasteiger charge is 2.19. The lowest BCUT2D eigenvalue weighted by molar-refractivity contribution is -0.122. The van der Waals surface area contributed by atoms with E-state index in [2.05, 4.69) is 15.0 Å². The summed E-state index contributed by atoms with van der Waals surface area (Å²) in [6.07, 6.45) is -0.728. The number of nitrogens with zero attached hydrogens (tertiary/aromatic N) is 2. The van der Waals surface area contributed by atoms with E-state index in [1.165, 1.54) is 7.11 Å². The van der Waals surface area contributed by atoms with Gasteiger partial charge in [-0.2, -0.15) is 0 Å². The van der Waals surface area contributed by atoms with Crippen molar-refractivity contribution < 1.29 is 19.4 Å². The number of carbonyl (C=O) groups excluding carboxylic acids is 2. The van der Waals surface area contributed by atoms with E-state index in [-0.39, 0.29) is 19.1 Å². The number of hydrogen-bond donors (Lipinski definition) is 2. The molecule has 0 saturated carbocycles. The molecule has 7 heteroatoms. The van der Waals surface area contributed by atoms with E-state index in [1.54, 1.807) is 0 Å². The van der Waals surface area contributed by atoms with Gasteiger partial charge in [0.25, 0.3) is 0 Å². The first kappa shape index (κ1) is 13.9. The molecule has 0 aliphatic carbocycles. The van der Waals surface area contributed by atoms with Gasteiger partial charge < -0.3 is 9.84 Å². The number of methoxy groups -OCH3 is 1. The maximum Gasteiger partial charge on any atom is 0.413 e. The predicted octanol–water partition coefficient (Wildman–Crippen LogP) is -1.52. The molecule has 1 fully saturated rings. The smallest absolute Gasteiger partial charge is 0.413 e. The van der Waals surface area contributed by atoms with Crippen LogP contribution in [0.15, 0.2) is 0 Å². The number of hydrogen-bond acceptors (Lipinski definition) is 6. The second-order valence-corrected chi connectivity index (χ2v) is 3.88. The van der Waals surface area contributed by atoms with Crippen molar-refractivity contribution in [2.24, 2.45) is 0 Å². The van der Waals surface area contributed by atoms with Crippen molar-refractivity contribution in [2.45, 2.75) is 0 Å². The Hall–Kier alpha value is -1.18. The first-order chi connectivity index (χ1) is 8.15. The van der Waals surface area contributed by atoms with Crippen molar-refractivity contribution in [3.8, 4) is 0 Å². The Morgan fingerprint density at radius 2 is 1.82 bits per heavy atom. The Morgan fingerprint density at radius 1 is 1.24 bits per heavy atom. The van der Waals surface area contributed by atoms with Gasteiger partial charge in [0.2, 0.25) is 5.91 Å². The van der Waals surface area contributed by atoms with Gasteiger partial charge in [0, 0.05) is 32.7 Å². The zero-order chi connectivity index (χ0) is 12.7. The third-order valence-corrected chi connectivity index (χ3v) is 2.68. The lowest BCUT2D eigenvalue weighted by Gasteiger charge is -2.33. The molecule has 0 atom stereocenters. The summed E-state index contributed by atoms with van der Waals surface area (Å²) >= 11 is 0. The summed E-state index contributed by atoms with van der Waals surface area (Å²) < 4.78 is 4.33. The lowest BCUT2D eigenvalue weighted by atomic mass is 10.3. The number of aliphatic hydroxyl groups excluding tert-OH is 1. The lowest BCUT2D eigenvalue weighted by Crippen LogP contribution is -2.50. The summed E-state index contributed by atoms with van der Waals surface area (Å²) in [5.41, 5.74) is 0. The molecule has 1 rings (SSSR count). The topological polar surface area (TPSA) is 82.1 Å². The minimum atomic E-state index is -0.728. The van der Waals surface area contributed by atoms with Crippen LogP contribution in [0, 0.1) is 0 Å². The van der Waals surface area contributed by atoms with Gasteiger partial charge in [0.05, 0.1) is 20.3 Å². The Kier molecular flexibility index (Phi) is 5.88. The fourth-order valence-electron chi connectivity index (χ4n) is 1.72. The molecule has 0 spiro atoms. The number of β-amino-alcohol motifs (C(OH)–C–C–N with tert-alkyl or cyclic N) is 1. The highest BCUT2D eigenvalue weighted by molar-refractivity contribution is 5.92. The number of piperazine rings is 1. The maximum absolute atomic E-state index is 11.4. The van der Waals surface area contributed by atoms with Crippen molar-refractivity contribution in [1.29, 1.82) is 0 Å². The Balaban J connectivity index is 2.21. The molecule has 2 N–H and O–H groups in total. The Labute approximate surface area is 100 Å². The average molecular weight is 245 g/mol. The van der Waals surface area contributed by atoms with Crippen LogP contribution in [0.2, 0.25) is 0 Å². The summed E-state index contributed by atoms with van der Waals surface area (Å²) in [6.45, 7) is 4.19. The number of ether oxygens (including phenoxy) is 1. The van der Waals surface area contributed by atoms with Crippen LogP contribution in [0.1, 0.15) is 0 Å². The van der Waals surface area contributed by atoms with Crippen LogP contribution in [-0.2, 0) is 9.53 Å². The van der Waals surface area contributed by atoms with E-state index in [0.29, 0.717) is 6.54 Å². The highest BCUT2D eigenvalue weighted by Crippen LogP contribution is 2.00. The number of imide groups is 1. The quantitative estimate of drug-likeness (QED) is 0.626. The first-order valence-corrected chi connectivity index (χ1v) is 5.59. The normalized spacial score (nSPS) is 17.8. The average Bonchev–Trinajstić information content (AvgIpc) is 2.31. The van der Waals surface area contributed by atoms with Crippen molar-refractivity contribution in [3.05, 3.63) is 0 Å². The van der Waals surface area contributed by atoms with E-state index in [0.717, 1.165) is 26.2 Å². The van der Waals surface area contributed by atoms with Gasteiger partial charge in [0.15, 0.2) is 0 Å². The van der Waals surface area contributed by atoms with E-state index in [9.17, 15) is 9.59 Å². The molecule has 0 radical (unpaired) electrons. The van der Waals surface area contributed by atoms with Crippen molar-refractivity contribution in [3.63, 3.8) is 0 Å². The molecule has 1 heterocycles. The Bertz CT molecular complexity index is 264. The number of amides is 2. The van der Waals surface area contributed by atoms with Crippen molar-refractivity contribution >= 4 is 12.0 Å². The van der Waals surface area contributed by atoms with E-state index in [4.69, 9.17) is 5.11 Å². The maximum atomic E-state index is 11.4. The summed E-state index contributed by atoms with van der Waals surface area (Å²) in [4.78, 5) is 26.3. The van der Waals surface area contributed by atoms with E-state index >= 15 is 0 Å². The van der Waals surface area contributed by atoms with E-state index in [1.807, 2.05) is 4.90 Å². The van der Waals surface area contributed by atoms with Gasteiger partial charge in [-0.25, -0.2) is 4.79 Å². The van der Waals surface area contributed by atoms with Crippen LogP contribution in [0.4, 0.5) is 4.79 Å². The Morgan fingerprint density at radius 3 is 2.35 bits per heavy atom. The van der Waals surface area contributed by atoms with Crippen LogP contribution in [0.5, 0.6) is 0 Å². The predicted molar refractivity (Wildman–Crippen MR) is 60.5 cm³/mol. The zero-order valence-electron chi connectivity index (χ0n) is 10.0. The minimum Gasteiger partial charge on any atom is -0.453 e. The highest BCUT2D eigenvalue weighted by atomic mass is 16.5. The minimum absolute atomic E-state index is 0.156. The summed E-state index contributed by atoms with van der Waals surface area (Å²) in [5.74, 6) is -0.354. The molecule has 0 aromatic rings. The van der Waals surface area contributed by atoms with Crippen LogP contribution in [0.3, 0.4) is 0 Å². The molecule has 98 valence electrons. The van der Waals surface area contributed by atoms with Crippen LogP contribution in [-0.4, -0.2) is 79.9 Å². The summed E-state index contributed by atoms with van der Waals surface area (Å²) in [6, 6.07) is 0. The third-order valence-electron chi connectivity index (χ3n) is 2.68. The van der Waals surface area contributed by atoms with E-state index < -0.39 is 6.09 Å². The molecule has 17 heavy (non-hydrogen) atoms. The molecule has 2 amide bonds. The molecule has 0 unspecified atom stereocenters. The molecule has 7 nitrogen and oxygen atoms in total. The molecule has 1 aliphatic heterocycles. The van der Waals surface area contributed by atoms with Gasteiger partial charge in [-0.1, -0.05) is 0 Å². The SMILES string of the molecule is COC(=O)NC(=O)CN1CCN(CCO)CC1. The monoisotopic (exact) mass is 245 g/mol. The fraction of sp³-hybridized carbons (Fsp3) is 0.800. The zero-order valence-corrected chi connectivity index (χ0v) is 10.0. The second-order valence-electron chi connectivity index (χ2n) is 3.88. The molecule has 1 saturated heterocycles. The number of alkyl carbamates (subject to hydrolysis) is 1. The van der Waals surface area contributed by atoms with Gasteiger partial charge in [0.1, 0.15) is 0 Å². The van der Waals surface area contributed by atoms with Crippen molar-refractivity contribution in [2.75, 3.05) is 53.0 Å². The standard InChI is InChI=1S/C10H19N3O4/c1-17-10(16)11-9(15)8-13-4-2-12(3-5-13)6-7-14/h14H,2-8H2,1H3,(H,11,15,16). The molecule has 0 aromatic heterocycles. The molecule has 0 bridgehead atoms.